The molecular weight excluding hydrogens is 674 g/mol. The number of fused-ring (bicyclic) bond motifs is 3. The van der Waals surface area contributed by atoms with Gasteiger partial charge in [-0.15, -0.1) is 0 Å². The Labute approximate surface area is 303 Å². The van der Waals surface area contributed by atoms with Gasteiger partial charge in [0.15, 0.2) is 6.29 Å². The number of aryl methyl sites for hydroxylation is 1. The van der Waals surface area contributed by atoms with E-state index in [9.17, 15) is 13.2 Å². The van der Waals surface area contributed by atoms with Crippen molar-refractivity contribution in [3.8, 4) is 5.75 Å². The van der Waals surface area contributed by atoms with Crippen LogP contribution in [-0.2, 0) is 32.5 Å². The number of amides is 1. The van der Waals surface area contributed by atoms with Crippen molar-refractivity contribution in [1.29, 1.82) is 0 Å². The molecule has 5 atom stereocenters. The molecule has 11 heteroatoms. The molecule has 0 aromatic heterocycles. The van der Waals surface area contributed by atoms with E-state index in [1.165, 1.54) is 18.4 Å². The number of rotatable bonds is 2. The fourth-order valence-electron chi connectivity index (χ4n) is 8.87. The van der Waals surface area contributed by atoms with E-state index in [0.717, 1.165) is 93.8 Å². The fraction of sp³-hybridized carbons (Fsp3) is 0.667. The first kappa shape index (κ1) is 36.0. The van der Waals surface area contributed by atoms with Crippen LogP contribution in [0.5, 0.6) is 5.75 Å². The lowest BCUT2D eigenvalue weighted by atomic mass is 9.65. The van der Waals surface area contributed by atoms with Gasteiger partial charge >= 0.3 is 0 Å². The van der Waals surface area contributed by atoms with E-state index in [0.29, 0.717) is 49.0 Å². The third-order valence-electron chi connectivity index (χ3n) is 12.4. The van der Waals surface area contributed by atoms with Crippen LogP contribution in [0.25, 0.3) is 0 Å². The molecule has 1 N–H and O–H groups in total. The smallest absolute Gasteiger partial charge is 0.264 e. The lowest BCUT2D eigenvalue weighted by Gasteiger charge is -2.48. The maximum Gasteiger partial charge on any atom is 0.264 e. The minimum absolute atomic E-state index is 0.118. The van der Waals surface area contributed by atoms with E-state index in [1.807, 2.05) is 37.3 Å². The first-order valence-corrected chi connectivity index (χ1v) is 20.9. The number of anilines is 1. The lowest BCUT2D eigenvalue weighted by molar-refractivity contribution is -0.242. The standard InChI is InChI=1S/C39H54ClN3O6S/c1-26-8-7-10-35(39-48-24-33(25-49-39)42-17-5-6-18-42)34-15-12-30(34)22-43-19-4-3-9-28-20-32(40)14-11-31(28)23-47-37-16-13-29(21-36(37)43)38(44)41-50(45,46)27(26)2/h11,13-14,16,20-21,26-27,30,33-35,39H,3-10,12,15,17-19,22-25H2,1-2H3,(H,41,44)/t26-,27+,30-,33?,34+,35-,39?/m0/s1. The maximum atomic E-state index is 13.6. The molecule has 274 valence electrons. The van der Waals surface area contributed by atoms with Gasteiger partial charge in [-0.25, -0.2) is 13.1 Å². The summed E-state index contributed by atoms with van der Waals surface area (Å²) in [5.74, 6) is 1.09. The largest absolute Gasteiger partial charge is 0.487 e. The van der Waals surface area contributed by atoms with Crippen molar-refractivity contribution in [3.63, 3.8) is 0 Å². The minimum Gasteiger partial charge on any atom is -0.487 e. The molecule has 0 unspecified atom stereocenters. The van der Waals surface area contributed by atoms with E-state index >= 15 is 0 Å². The van der Waals surface area contributed by atoms with Crippen LogP contribution in [0.2, 0.25) is 5.02 Å². The molecule has 5 aliphatic rings. The number of nitrogens with zero attached hydrogens (tertiary/aromatic N) is 2. The van der Waals surface area contributed by atoms with E-state index in [4.69, 9.17) is 25.8 Å². The molecule has 0 spiro atoms. The number of hydrogen-bond acceptors (Lipinski definition) is 8. The monoisotopic (exact) mass is 727 g/mol. The van der Waals surface area contributed by atoms with Crippen LogP contribution in [0.3, 0.4) is 0 Å². The Bertz CT molecular complexity index is 1610. The van der Waals surface area contributed by atoms with Crippen LogP contribution >= 0.6 is 11.6 Å². The lowest BCUT2D eigenvalue weighted by Crippen LogP contribution is -2.51. The summed E-state index contributed by atoms with van der Waals surface area (Å²) >= 11 is 6.39. The van der Waals surface area contributed by atoms with Gasteiger partial charge in [-0.05, 0) is 137 Å². The van der Waals surface area contributed by atoms with Gasteiger partial charge in [-0.1, -0.05) is 31.0 Å². The topological polar surface area (TPSA) is 97.4 Å². The number of benzene rings is 2. The summed E-state index contributed by atoms with van der Waals surface area (Å²) in [6.07, 6.45) is 9.93. The Hall–Kier alpha value is -2.37. The van der Waals surface area contributed by atoms with Crippen molar-refractivity contribution in [3.05, 3.63) is 58.1 Å². The molecule has 2 saturated heterocycles. The second kappa shape index (κ2) is 15.7. The molecule has 7 rings (SSSR count). The number of halogens is 1. The van der Waals surface area contributed by atoms with Crippen molar-refractivity contribution >= 4 is 33.2 Å². The van der Waals surface area contributed by atoms with Gasteiger partial charge in [0, 0.05) is 29.6 Å². The summed E-state index contributed by atoms with van der Waals surface area (Å²) in [7, 11) is -3.90. The predicted molar refractivity (Wildman–Crippen MR) is 196 cm³/mol. The third-order valence-corrected chi connectivity index (χ3v) is 14.5. The predicted octanol–water partition coefficient (Wildman–Crippen LogP) is 6.81. The third kappa shape index (κ3) is 7.99. The number of likely N-dealkylation sites (tertiary alicyclic amines) is 1. The highest BCUT2D eigenvalue weighted by atomic mass is 35.5. The number of nitrogens with one attached hydrogen (secondary N) is 1. The van der Waals surface area contributed by atoms with Gasteiger partial charge in [-0.3, -0.25) is 9.69 Å². The number of carbonyl (C=O) groups is 1. The average Bonchev–Trinajstić information content (AvgIpc) is 3.63. The minimum atomic E-state index is -3.90. The zero-order chi connectivity index (χ0) is 34.8. The summed E-state index contributed by atoms with van der Waals surface area (Å²) < 4.78 is 49.1. The van der Waals surface area contributed by atoms with E-state index in [-0.39, 0.29) is 18.1 Å². The van der Waals surface area contributed by atoms with Crippen LogP contribution in [-0.4, -0.2) is 76.2 Å². The summed E-state index contributed by atoms with van der Waals surface area (Å²) in [6.45, 7) is 9.36. The zero-order valence-corrected chi connectivity index (χ0v) is 31.2. The van der Waals surface area contributed by atoms with Gasteiger partial charge in [0.05, 0.1) is 30.2 Å². The molecule has 50 heavy (non-hydrogen) atoms. The molecular formula is C39H54ClN3O6S. The Morgan fingerprint density at radius 2 is 1.62 bits per heavy atom. The maximum absolute atomic E-state index is 13.6. The average molecular weight is 728 g/mol. The van der Waals surface area contributed by atoms with E-state index < -0.39 is 21.2 Å². The summed E-state index contributed by atoms with van der Waals surface area (Å²) in [5, 5.41) is 0.00779. The van der Waals surface area contributed by atoms with Gasteiger partial charge in [0.2, 0.25) is 10.0 Å². The molecule has 0 radical (unpaired) electrons. The van der Waals surface area contributed by atoms with Crippen LogP contribution in [0.1, 0.15) is 93.1 Å². The Kier molecular flexibility index (Phi) is 11.3. The molecule has 2 aromatic rings. The van der Waals surface area contributed by atoms with Crippen LogP contribution in [0, 0.1) is 23.7 Å². The van der Waals surface area contributed by atoms with Gasteiger partial charge in [0.25, 0.3) is 5.91 Å². The molecule has 9 nitrogen and oxygen atoms in total. The summed E-state index contributed by atoms with van der Waals surface area (Å²) in [4.78, 5) is 18.5. The first-order chi connectivity index (χ1) is 24.2. The number of ether oxygens (including phenoxy) is 3. The van der Waals surface area contributed by atoms with Crippen molar-refractivity contribution in [2.45, 2.75) is 102 Å². The first-order valence-electron chi connectivity index (χ1n) is 19.0. The van der Waals surface area contributed by atoms with Crippen LogP contribution in [0.15, 0.2) is 36.4 Å². The highest BCUT2D eigenvalue weighted by Crippen LogP contribution is 2.46. The van der Waals surface area contributed by atoms with Gasteiger partial charge in [-0.2, -0.15) is 0 Å². The van der Waals surface area contributed by atoms with Crippen molar-refractivity contribution in [1.82, 2.24) is 9.62 Å². The van der Waals surface area contributed by atoms with Crippen LogP contribution in [0.4, 0.5) is 5.69 Å². The second-order valence-corrected chi connectivity index (χ2v) is 17.9. The van der Waals surface area contributed by atoms with Crippen molar-refractivity contribution < 1.29 is 27.4 Å². The molecule has 3 fully saturated rings. The molecule has 4 aliphatic heterocycles. The summed E-state index contributed by atoms with van der Waals surface area (Å²) in [6, 6.07) is 11.6. The van der Waals surface area contributed by atoms with Gasteiger partial charge < -0.3 is 19.1 Å². The Morgan fingerprint density at radius 3 is 2.38 bits per heavy atom. The number of hydrogen-bond donors (Lipinski definition) is 1. The van der Waals surface area contributed by atoms with Crippen LogP contribution < -0.4 is 14.4 Å². The van der Waals surface area contributed by atoms with Crippen molar-refractivity contribution in [2.75, 3.05) is 44.3 Å². The molecule has 4 heterocycles. The highest BCUT2D eigenvalue weighted by Gasteiger charge is 2.44. The summed E-state index contributed by atoms with van der Waals surface area (Å²) in [5.41, 5.74) is 3.45. The molecule has 2 bridgehead atoms. The SMILES string of the molecule is C[C@@H]1[C@@H](C)CCC[C@H](C2OCC(N3CCCC3)CO2)[C@@H]2CC[C@H]2CN2CCCCc3cc(Cl)ccc3COc3ccc(cc32)C(=O)NS1(=O)=O. The molecule has 1 aliphatic carbocycles. The Morgan fingerprint density at radius 1 is 0.840 bits per heavy atom. The number of carbonyl (C=O) groups excluding carboxylic acids is 1. The van der Waals surface area contributed by atoms with E-state index in [1.54, 1.807) is 13.0 Å². The normalized spacial score (nSPS) is 32.7. The van der Waals surface area contributed by atoms with Crippen molar-refractivity contribution in [2.24, 2.45) is 23.7 Å². The second-order valence-electron chi connectivity index (χ2n) is 15.5. The zero-order valence-electron chi connectivity index (χ0n) is 29.7. The highest BCUT2D eigenvalue weighted by molar-refractivity contribution is 7.90. The van der Waals surface area contributed by atoms with Gasteiger partial charge in [0.1, 0.15) is 12.4 Å². The number of sulfonamides is 1. The quantitative estimate of drug-likeness (QED) is 0.361. The molecule has 2 aromatic carbocycles. The molecule has 1 saturated carbocycles. The Balaban J connectivity index is 1.20. The van der Waals surface area contributed by atoms with E-state index in [2.05, 4.69) is 14.5 Å². The fourth-order valence-corrected chi connectivity index (χ4v) is 10.4. The molecule has 1 amide bonds.